The average Bonchev–Trinajstić information content (AvgIpc) is 2.26. The van der Waals surface area contributed by atoms with Crippen LogP contribution in [0.5, 0.6) is 0 Å². The zero-order valence-corrected chi connectivity index (χ0v) is 11.2. The van der Waals surface area contributed by atoms with Crippen LogP contribution in [0.25, 0.3) is 0 Å². The molecule has 0 aliphatic carbocycles. The Kier molecular flexibility index (Phi) is 5.07. The van der Waals surface area contributed by atoms with Gasteiger partial charge >= 0.3 is 0 Å². The van der Waals surface area contributed by atoms with Gasteiger partial charge in [-0.05, 0) is 24.0 Å². The van der Waals surface area contributed by atoms with Gasteiger partial charge in [-0.15, -0.1) is 23.2 Å². The Bertz CT molecular complexity index is 332. The van der Waals surface area contributed by atoms with E-state index in [1.807, 2.05) is 6.07 Å². The van der Waals surface area contributed by atoms with E-state index in [4.69, 9.17) is 23.2 Å². The summed E-state index contributed by atoms with van der Waals surface area (Å²) < 4.78 is 13.8. The van der Waals surface area contributed by atoms with E-state index in [0.717, 1.165) is 6.42 Å². The van der Waals surface area contributed by atoms with Gasteiger partial charge in [0.1, 0.15) is 5.82 Å². The third-order valence-corrected chi connectivity index (χ3v) is 3.78. The third kappa shape index (κ3) is 2.89. The van der Waals surface area contributed by atoms with Gasteiger partial charge in [-0.1, -0.05) is 32.0 Å². The first-order valence-electron chi connectivity index (χ1n) is 5.42. The first kappa shape index (κ1) is 13.8. The second-order valence-corrected chi connectivity index (χ2v) is 5.16. The third-order valence-electron chi connectivity index (χ3n) is 2.76. The predicted octanol–water partition coefficient (Wildman–Crippen LogP) is 4.59. The number of rotatable bonds is 5. The molecular formula is C13H17Cl2F. The second-order valence-electron chi connectivity index (χ2n) is 4.63. The van der Waals surface area contributed by atoms with Crippen molar-refractivity contribution in [2.75, 3.05) is 11.8 Å². The molecule has 0 unspecified atom stereocenters. The minimum Gasteiger partial charge on any atom is -0.207 e. The van der Waals surface area contributed by atoms with Crippen LogP contribution in [0.15, 0.2) is 24.3 Å². The molecule has 1 rings (SSSR count). The molecule has 1 aromatic carbocycles. The molecule has 0 atom stereocenters. The molecule has 0 spiro atoms. The van der Waals surface area contributed by atoms with E-state index < -0.39 is 5.41 Å². The molecule has 0 fully saturated rings. The molecule has 0 aliphatic heterocycles. The van der Waals surface area contributed by atoms with Crippen molar-refractivity contribution < 1.29 is 4.39 Å². The molecule has 0 saturated carbocycles. The highest BCUT2D eigenvalue weighted by atomic mass is 35.5. The van der Waals surface area contributed by atoms with E-state index >= 15 is 0 Å². The number of alkyl halides is 2. The van der Waals surface area contributed by atoms with Gasteiger partial charge < -0.3 is 0 Å². The molecule has 0 aromatic heterocycles. The first-order valence-corrected chi connectivity index (χ1v) is 6.49. The van der Waals surface area contributed by atoms with Gasteiger partial charge in [0, 0.05) is 17.2 Å². The van der Waals surface area contributed by atoms with Crippen LogP contribution in [0.4, 0.5) is 4.39 Å². The van der Waals surface area contributed by atoms with Gasteiger partial charge in [-0.3, -0.25) is 0 Å². The molecule has 0 saturated heterocycles. The Balaban J connectivity index is 3.15. The number of hydrogen-bond acceptors (Lipinski definition) is 0. The first-order chi connectivity index (χ1) is 7.55. The average molecular weight is 263 g/mol. The van der Waals surface area contributed by atoms with Crippen molar-refractivity contribution >= 4 is 23.2 Å². The van der Waals surface area contributed by atoms with Crippen molar-refractivity contribution in [1.82, 2.24) is 0 Å². The van der Waals surface area contributed by atoms with Crippen LogP contribution < -0.4 is 0 Å². The smallest absolute Gasteiger partial charge is 0.127 e. The zero-order chi connectivity index (χ0) is 12.2. The van der Waals surface area contributed by atoms with Crippen LogP contribution >= 0.6 is 23.2 Å². The Labute approximate surface area is 107 Å². The van der Waals surface area contributed by atoms with Crippen molar-refractivity contribution in [3.8, 4) is 0 Å². The minimum atomic E-state index is -0.456. The molecule has 0 radical (unpaired) electrons. The van der Waals surface area contributed by atoms with Crippen molar-refractivity contribution in [3.05, 3.63) is 35.6 Å². The second kappa shape index (κ2) is 5.88. The van der Waals surface area contributed by atoms with Crippen LogP contribution in [-0.4, -0.2) is 11.8 Å². The Morgan fingerprint density at radius 2 is 1.75 bits per heavy atom. The highest BCUT2D eigenvalue weighted by Crippen LogP contribution is 2.35. The maximum Gasteiger partial charge on any atom is 0.127 e. The van der Waals surface area contributed by atoms with Gasteiger partial charge in [0.15, 0.2) is 0 Å². The van der Waals surface area contributed by atoms with Crippen LogP contribution in [-0.2, 0) is 5.41 Å². The van der Waals surface area contributed by atoms with Crippen molar-refractivity contribution in [3.63, 3.8) is 0 Å². The fraction of sp³-hybridized carbons (Fsp3) is 0.538. The summed E-state index contributed by atoms with van der Waals surface area (Å²) >= 11 is 12.0. The summed E-state index contributed by atoms with van der Waals surface area (Å²) in [6.45, 7) is 4.18. The molecule has 1 aromatic rings. The monoisotopic (exact) mass is 262 g/mol. The maximum atomic E-state index is 13.8. The molecule has 0 nitrogen and oxygen atoms in total. The fourth-order valence-electron chi connectivity index (χ4n) is 2.07. The van der Waals surface area contributed by atoms with Crippen LogP contribution in [0.3, 0.4) is 0 Å². The number of halogens is 3. The lowest BCUT2D eigenvalue weighted by atomic mass is 9.77. The molecule has 0 amide bonds. The molecule has 3 heteroatoms. The van der Waals surface area contributed by atoms with Gasteiger partial charge in [-0.2, -0.15) is 0 Å². The standard InChI is InChI=1S/C13H17Cl2F/c1-10(2)7-13(8-14,9-15)11-5-3-4-6-12(11)16/h3-6,10H,7-9H2,1-2H3. The fourth-order valence-corrected chi connectivity index (χ4v) is 2.86. The van der Waals surface area contributed by atoms with Gasteiger partial charge in [-0.25, -0.2) is 4.39 Å². The van der Waals surface area contributed by atoms with E-state index in [9.17, 15) is 4.39 Å². The van der Waals surface area contributed by atoms with Crippen molar-refractivity contribution in [2.24, 2.45) is 5.92 Å². The lowest BCUT2D eigenvalue weighted by molar-refractivity contribution is 0.393. The molecule has 0 heterocycles. The van der Waals surface area contributed by atoms with Gasteiger partial charge in [0.2, 0.25) is 0 Å². The zero-order valence-electron chi connectivity index (χ0n) is 9.64. The van der Waals surface area contributed by atoms with Crippen LogP contribution in [0.1, 0.15) is 25.8 Å². The van der Waals surface area contributed by atoms with Crippen LogP contribution in [0.2, 0.25) is 0 Å². The SMILES string of the molecule is CC(C)CC(CCl)(CCl)c1ccccc1F. The van der Waals surface area contributed by atoms with Crippen molar-refractivity contribution in [2.45, 2.75) is 25.7 Å². The molecular weight excluding hydrogens is 246 g/mol. The van der Waals surface area contributed by atoms with Gasteiger partial charge in [0.05, 0.1) is 0 Å². The quantitative estimate of drug-likeness (QED) is 0.682. The summed E-state index contributed by atoms with van der Waals surface area (Å²) in [7, 11) is 0. The van der Waals surface area contributed by atoms with Crippen molar-refractivity contribution in [1.29, 1.82) is 0 Å². The largest absolute Gasteiger partial charge is 0.207 e. The molecule has 0 bridgehead atoms. The molecule has 0 aliphatic rings. The Morgan fingerprint density at radius 1 is 1.19 bits per heavy atom. The highest BCUT2D eigenvalue weighted by Gasteiger charge is 2.33. The topological polar surface area (TPSA) is 0 Å². The maximum absolute atomic E-state index is 13.8. The van der Waals surface area contributed by atoms with E-state index in [2.05, 4.69) is 13.8 Å². The molecule has 16 heavy (non-hydrogen) atoms. The lowest BCUT2D eigenvalue weighted by Crippen LogP contribution is -2.33. The Morgan fingerprint density at radius 3 is 2.19 bits per heavy atom. The predicted molar refractivity (Wildman–Crippen MR) is 69.0 cm³/mol. The lowest BCUT2D eigenvalue weighted by Gasteiger charge is -2.32. The minimum absolute atomic E-state index is 0.218. The molecule has 0 N–H and O–H groups in total. The number of hydrogen-bond donors (Lipinski definition) is 0. The normalized spacial score (nSPS) is 12.1. The van der Waals surface area contributed by atoms with E-state index in [0.29, 0.717) is 23.2 Å². The van der Waals surface area contributed by atoms with Crippen LogP contribution in [0, 0.1) is 11.7 Å². The Hall–Kier alpha value is -0.270. The number of benzene rings is 1. The summed E-state index contributed by atoms with van der Waals surface area (Å²) in [5.74, 6) is 0.896. The van der Waals surface area contributed by atoms with E-state index in [-0.39, 0.29) is 5.82 Å². The summed E-state index contributed by atoms with van der Waals surface area (Å²) in [6.07, 6.45) is 0.793. The summed E-state index contributed by atoms with van der Waals surface area (Å²) in [6, 6.07) is 6.75. The van der Waals surface area contributed by atoms with Gasteiger partial charge in [0.25, 0.3) is 0 Å². The van der Waals surface area contributed by atoms with E-state index in [1.165, 1.54) is 6.07 Å². The van der Waals surface area contributed by atoms with E-state index in [1.54, 1.807) is 12.1 Å². The highest BCUT2D eigenvalue weighted by molar-refractivity contribution is 6.22. The summed E-state index contributed by atoms with van der Waals surface area (Å²) in [5, 5.41) is 0. The summed E-state index contributed by atoms with van der Waals surface area (Å²) in [4.78, 5) is 0. The summed E-state index contributed by atoms with van der Waals surface area (Å²) in [5.41, 5.74) is 0.177. The molecule has 90 valence electrons.